The van der Waals surface area contributed by atoms with Gasteiger partial charge in [0.15, 0.2) is 11.6 Å². The van der Waals surface area contributed by atoms with E-state index in [1.165, 1.54) is 11.9 Å². The number of aliphatic hydroxyl groups is 2. The van der Waals surface area contributed by atoms with Crippen LogP contribution in [0.5, 0.6) is 0 Å². The van der Waals surface area contributed by atoms with E-state index in [2.05, 4.69) is 106 Å². The zero-order chi connectivity index (χ0) is 42.7. The van der Waals surface area contributed by atoms with Crippen LogP contribution in [-0.4, -0.2) is 111 Å². The van der Waals surface area contributed by atoms with Crippen molar-refractivity contribution >= 4 is 90.5 Å². The van der Waals surface area contributed by atoms with E-state index < -0.39 is 12.2 Å². The number of hydrogen-bond donors (Lipinski definition) is 6. The van der Waals surface area contributed by atoms with Crippen molar-refractivity contribution in [2.24, 2.45) is 0 Å². The van der Waals surface area contributed by atoms with Gasteiger partial charge in [-0.1, -0.05) is 59.6 Å². The van der Waals surface area contributed by atoms with Crippen molar-refractivity contribution in [3.8, 4) is 0 Å². The number of piperazine rings is 2. The van der Waals surface area contributed by atoms with Gasteiger partial charge in [-0.25, -0.2) is 15.0 Å². The molecule has 2 fully saturated rings. The summed E-state index contributed by atoms with van der Waals surface area (Å²) < 4.78 is 0. The van der Waals surface area contributed by atoms with Gasteiger partial charge >= 0.3 is 0 Å². The zero-order valence-electron chi connectivity index (χ0n) is 34.4. The van der Waals surface area contributed by atoms with E-state index in [0.29, 0.717) is 56.1 Å². The first kappa shape index (κ1) is 41.4. The molecule has 4 aliphatic rings. The van der Waals surface area contributed by atoms with Gasteiger partial charge in [-0.3, -0.25) is 0 Å². The number of aromatic amines is 1. The second-order valence-corrected chi connectivity index (χ2v) is 16.7. The topological polar surface area (TPSA) is 157 Å². The zero-order valence-corrected chi connectivity index (χ0v) is 35.9. The van der Waals surface area contributed by atoms with Crippen LogP contribution in [0.15, 0.2) is 109 Å². The first-order chi connectivity index (χ1) is 30.1. The molecule has 4 aliphatic heterocycles. The molecule has 6 N–H and O–H groups in total. The van der Waals surface area contributed by atoms with Crippen LogP contribution in [0.3, 0.4) is 0 Å². The number of rotatable bonds is 2. The number of nitrogens with zero attached hydrogens (tertiary/aromatic N) is 8. The van der Waals surface area contributed by atoms with Crippen molar-refractivity contribution < 1.29 is 10.2 Å². The van der Waals surface area contributed by atoms with E-state index in [1.54, 1.807) is 18.3 Å². The monoisotopic (exact) mass is 870 g/mol. The molecule has 0 spiro atoms. The smallest absolute Gasteiger partial charge is 0.229 e. The standard InChI is InChI=1S/C23H25ClN6O2.C23H23ClN6/c1-29-7-9-30(10-8-29)19-6-5-16-12-17(19)21(32)20(31)14-3-2-4-15(11-14)26-22-18(24)13-25-23(27-16)28-22;1-29-9-11-30(12-10-29)21-8-7-19-14-17(21)6-5-16-3-2-4-18(13-16)26-22-20(24)15-25-23(27-19)28-22/h2-6,11-13,20-21,31-32H,7-10H2,1H3,(H2,25,26,27,28);2-8,13-15H,9-12H2,1H3,(H2,25,26,27,28)/t20-,21+;/m1./s1. The van der Waals surface area contributed by atoms with Crippen LogP contribution in [0, 0.1) is 0 Å². The van der Waals surface area contributed by atoms with Crippen molar-refractivity contribution in [1.29, 1.82) is 0 Å². The third-order valence-electron chi connectivity index (χ3n) is 11.4. The second kappa shape index (κ2) is 18.2. The Hall–Kier alpha value is -6.00. The molecule has 0 amide bonds. The first-order valence-electron chi connectivity index (χ1n) is 20.6. The van der Waals surface area contributed by atoms with Gasteiger partial charge in [0, 0.05) is 86.9 Å². The van der Waals surface area contributed by atoms with Crippen molar-refractivity contribution in [2.75, 3.05) is 92.2 Å². The summed E-state index contributed by atoms with van der Waals surface area (Å²) in [6.45, 7) is 7.74. The van der Waals surface area contributed by atoms with Crippen molar-refractivity contribution in [2.45, 2.75) is 12.2 Å². The summed E-state index contributed by atoms with van der Waals surface area (Å²) in [5, 5.41) is 35.0. The number of aliphatic hydroxyl groups excluding tert-OH is 2. The largest absolute Gasteiger partial charge is 0.385 e. The summed E-state index contributed by atoms with van der Waals surface area (Å²) >= 11 is 12.6. The molecule has 2 aromatic heterocycles. The molecule has 6 heterocycles. The van der Waals surface area contributed by atoms with E-state index in [1.807, 2.05) is 48.5 Å². The lowest BCUT2D eigenvalue weighted by Crippen LogP contribution is -2.45. The van der Waals surface area contributed by atoms with Crippen LogP contribution in [0.2, 0.25) is 5.02 Å². The highest BCUT2D eigenvalue weighted by atomic mass is 35.5. The Morgan fingerprint density at radius 3 is 2.15 bits per heavy atom. The van der Waals surface area contributed by atoms with Gasteiger partial charge in [-0.05, 0) is 91.1 Å². The molecule has 16 heteroatoms. The minimum Gasteiger partial charge on any atom is -0.385 e. The maximum absolute atomic E-state index is 11.3. The van der Waals surface area contributed by atoms with Gasteiger partial charge in [0.05, 0.1) is 22.3 Å². The molecule has 62 heavy (non-hydrogen) atoms. The molecule has 10 rings (SSSR count). The van der Waals surface area contributed by atoms with Gasteiger partial charge in [-0.15, -0.1) is 0 Å². The van der Waals surface area contributed by atoms with Crippen LogP contribution in [0.4, 0.5) is 40.5 Å². The summed E-state index contributed by atoms with van der Waals surface area (Å²) in [5.41, 5.74) is 6.50. The Morgan fingerprint density at radius 1 is 0.645 bits per heavy atom. The third-order valence-corrected chi connectivity index (χ3v) is 12.0. The van der Waals surface area contributed by atoms with Gasteiger partial charge in [0.1, 0.15) is 17.2 Å². The fourth-order valence-electron chi connectivity index (χ4n) is 7.91. The molecule has 2 saturated heterocycles. The number of anilines is 7. The molecular weight excluding hydrogens is 823 g/mol. The highest BCUT2D eigenvalue weighted by Crippen LogP contribution is 2.39. The number of benzene rings is 4. The Kier molecular flexibility index (Phi) is 12.1. The molecular formula is C46H48Cl2N12O2. The van der Waals surface area contributed by atoms with Crippen molar-refractivity contribution in [3.05, 3.63) is 131 Å². The van der Waals surface area contributed by atoms with Crippen LogP contribution < -0.4 is 25.8 Å². The quantitative estimate of drug-likeness (QED) is 0.0998. The molecule has 0 unspecified atom stereocenters. The second-order valence-electron chi connectivity index (χ2n) is 15.9. The summed E-state index contributed by atoms with van der Waals surface area (Å²) in [6.07, 6.45) is 1.02. The average Bonchev–Trinajstić information content (AvgIpc) is 3.29. The lowest BCUT2D eigenvalue weighted by atomic mass is 9.95. The van der Waals surface area contributed by atoms with E-state index in [0.717, 1.165) is 79.9 Å². The predicted octanol–water partition coefficient (Wildman–Crippen LogP) is 7.96. The molecule has 12 bridgehead atoms. The first-order valence-corrected chi connectivity index (χ1v) is 21.4. The summed E-state index contributed by atoms with van der Waals surface area (Å²) in [4.78, 5) is 30.7. The summed E-state index contributed by atoms with van der Waals surface area (Å²) in [5.74, 6) is 1.99. The van der Waals surface area contributed by atoms with Gasteiger partial charge < -0.3 is 50.7 Å². The lowest BCUT2D eigenvalue weighted by Gasteiger charge is -2.36. The highest BCUT2D eigenvalue weighted by molar-refractivity contribution is 6.48. The fraction of sp³-hybridized carbons (Fsp3) is 0.261. The Bertz CT molecular complexity index is 2730. The number of hydrogen-bond acceptors (Lipinski definition) is 13. The van der Waals surface area contributed by atoms with E-state index in [4.69, 9.17) is 28.2 Å². The normalized spacial score (nSPS) is 18.6. The number of halogens is 2. The minimum absolute atomic E-state index is 0.376. The molecule has 0 aliphatic carbocycles. The Morgan fingerprint density at radius 2 is 1.35 bits per heavy atom. The van der Waals surface area contributed by atoms with Gasteiger partial charge in [0.25, 0.3) is 0 Å². The third kappa shape index (κ3) is 9.40. The average molecular weight is 872 g/mol. The lowest BCUT2D eigenvalue weighted by molar-refractivity contribution is 0.0175. The van der Waals surface area contributed by atoms with Crippen LogP contribution in [0.1, 0.15) is 29.2 Å². The number of nitrogens with one attached hydrogen (secondary N) is 4. The highest BCUT2D eigenvalue weighted by Gasteiger charge is 2.27. The van der Waals surface area contributed by atoms with Crippen molar-refractivity contribution in [1.82, 2.24) is 34.7 Å². The Balaban J connectivity index is 0.000000158. The molecule has 2 atom stereocenters. The van der Waals surface area contributed by atoms with Crippen LogP contribution in [-0.2, 0) is 0 Å². The van der Waals surface area contributed by atoms with E-state index in [-0.39, 0.29) is 0 Å². The maximum Gasteiger partial charge on any atom is 0.229 e. The van der Waals surface area contributed by atoms with Gasteiger partial charge in [0.2, 0.25) is 11.9 Å². The molecule has 4 aromatic carbocycles. The molecule has 6 aromatic rings. The molecule has 318 valence electrons. The van der Waals surface area contributed by atoms with Crippen LogP contribution in [0.25, 0.3) is 26.8 Å². The fourth-order valence-corrected chi connectivity index (χ4v) is 8.19. The predicted molar refractivity (Wildman–Crippen MR) is 251 cm³/mol. The SMILES string of the molecule is CN1CCN(c2ccc3cc2[C@H](O)[C@H](O)c2cccc(c2)Nc2nc(ncc2Cl)N3)CC1.CN1CCN(c2ccc3cc2ccc2cccc(c2)nc2[nH]c(n3)NC=C2Cl)CC1. The molecule has 14 nitrogen and oxygen atoms in total. The van der Waals surface area contributed by atoms with Gasteiger partial charge in [-0.2, -0.15) is 4.98 Å². The summed E-state index contributed by atoms with van der Waals surface area (Å²) in [7, 11) is 4.28. The van der Waals surface area contributed by atoms with E-state index in [9.17, 15) is 10.2 Å². The summed E-state index contributed by atoms with van der Waals surface area (Å²) in [6, 6.07) is 31.7. The molecule has 0 radical (unpaired) electrons. The number of H-pyrrole nitrogens is 1. The minimum atomic E-state index is -1.12. The number of fused-ring (bicyclic) bond motifs is 12. The van der Waals surface area contributed by atoms with Crippen molar-refractivity contribution in [3.63, 3.8) is 0 Å². The Labute approximate surface area is 369 Å². The van der Waals surface area contributed by atoms with Crippen LogP contribution >= 0.6 is 23.2 Å². The van der Waals surface area contributed by atoms with E-state index >= 15 is 0 Å². The maximum atomic E-state index is 11.3. The number of likely N-dealkylation sites (N-methyl/N-ethyl adjacent to an activating group) is 2. The number of aromatic nitrogens is 5. The molecule has 0 saturated carbocycles.